The molecule has 3 aromatic rings. The summed E-state index contributed by atoms with van der Waals surface area (Å²) >= 11 is 0. The fourth-order valence-electron chi connectivity index (χ4n) is 4.70. The number of hydrogen-bond acceptors (Lipinski definition) is 5. The molecule has 2 N–H and O–H groups in total. The molecule has 4 rings (SSSR count). The Kier molecular flexibility index (Phi) is 6.53. The molecule has 1 aliphatic rings. The number of alkyl halides is 3. The van der Waals surface area contributed by atoms with Crippen LogP contribution in [-0.2, 0) is 0 Å². The van der Waals surface area contributed by atoms with Gasteiger partial charge in [0.1, 0.15) is 5.58 Å². The minimum Gasteiger partial charge on any atom is -0.478 e. The first kappa shape index (κ1) is 24.6. The van der Waals surface area contributed by atoms with Gasteiger partial charge < -0.3 is 19.7 Å². The van der Waals surface area contributed by atoms with Crippen LogP contribution in [0.3, 0.4) is 0 Å². The largest absolute Gasteiger partial charge is 0.478 e. The van der Waals surface area contributed by atoms with E-state index in [2.05, 4.69) is 5.32 Å². The number of anilines is 2. The van der Waals surface area contributed by atoms with Gasteiger partial charge in [0, 0.05) is 24.3 Å². The number of carbonyl (C=O) groups is 1. The molecule has 2 heterocycles. The molecule has 35 heavy (non-hydrogen) atoms. The van der Waals surface area contributed by atoms with Crippen molar-refractivity contribution in [3.8, 4) is 0 Å². The molecule has 6 nitrogen and oxygen atoms in total. The van der Waals surface area contributed by atoms with Crippen molar-refractivity contribution in [2.75, 3.05) is 23.3 Å². The highest BCUT2D eigenvalue weighted by atomic mass is 19.4. The van der Waals surface area contributed by atoms with Gasteiger partial charge in [-0.25, -0.2) is 4.79 Å². The van der Waals surface area contributed by atoms with Crippen molar-refractivity contribution in [3.63, 3.8) is 0 Å². The monoisotopic (exact) mass is 488 g/mol. The summed E-state index contributed by atoms with van der Waals surface area (Å²) in [6.07, 6.45) is -4.35. The van der Waals surface area contributed by atoms with Crippen LogP contribution in [0.4, 0.5) is 24.7 Å². The van der Waals surface area contributed by atoms with Gasteiger partial charge in [-0.3, -0.25) is 4.79 Å². The van der Waals surface area contributed by atoms with Crippen LogP contribution < -0.4 is 15.6 Å². The molecule has 1 aromatic heterocycles. The zero-order chi connectivity index (χ0) is 25.5. The molecule has 1 aliphatic heterocycles. The van der Waals surface area contributed by atoms with E-state index in [1.165, 1.54) is 6.07 Å². The normalized spacial score (nSPS) is 15.9. The van der Waals surface area contributed by atoms with Gasteiger partial charge in [-0.15, -0.1) is 0 Å². The SMILES string of the molecule is Cc1cc([C@@H](C)Nc2ccccc2C(=O)O)c2oc(N3CCC(C(F)(F)F)CC3)c(C)c(=O)c2c1. The Balaban J connectivity index is 1.75. The molecule has 9 heteroatoms. The topological polar surface area (TPSA) is 82.8 Å². The summed E-state index contributed by atoms with van der Waals surface area (Å²) in [5, 5.41) is 13.1. The third-order valence-corrected chi connectivity index (χ3v) is 6.61. The van der Waals surface area contributed by atoms with Gasteiger partial charge in [0.25, 0.3) is 0 Å². The van der Waals surface area contributed by atoms with E-state index in [-0.39, 0.29) is 42.8 Å². The van der Waals surface area contributed by atoms with E-state index in [9.17, 15) is 27.9 Å². The summed E-state index contributed by atoms with van der Waals surface area (Å²) in [4.78, 5) is 26.6. The molecule has 2 aromatic carbocycles. The van der Waals surface area contributed by atoms with Crippen molar-refractivity contribution in [2.24, 2.45) is 5.92 Å². The molecular formula is C26H27F3N2O4. The Labute approximate surface area is 200 Å². The molecule has 0 amide bonds. The lowest BCUT2D eigenvalue weighted by molar-refractivity contribution is -0.179. The van der Waals surface area contributed by atoms with Crippen molar-refractivity contribution in [1.29, 1.82) is 0 Å². The number of aryl methyl sites for hydroxylation is 1. The maximum absolute atomic E-state index is 13.3. The summed E-state index contributed by atoms with van der Waals surface area (Å²) in [6.45, 7) is 5.59. The van der Waals surface area contributed by atoms with Crippen molar-refractivity contribution in [1.82, 2.24) is 0 Å². The van der Waals surface area contributed by atoms with Crippen LogP contribution in [-0.4, -0.2) is 30.3 Å². The summed E-state index contributed by atoms with van der Waals surface area (Å²) in [7, 11) is 0. The van der Waals surface area contributed by atoms with Gasteiger partial charge in [-0.05, 0) is 57.4 Å². The molecule has 0 bridgehead atoms. The average molecular weight is 489 g/mol. The van der Waals surface area contributed by atoms with Crippen molar-refractivity contribution >= 4 is 28.5 Å². The van der Waals surface area contributed by atoms with Crippen molar-refractivity contribution in [2.45, 2.75) is 45.8 Å². The zero-order valence-electron chi connectivity index (χ0n) is 19.7. The van der Waals surface area contributed by atoms with E-state index in [1.807, 2.05) is 19.9 Å². The number of benzene rings is 2. The summed E-state index contributed by atoms with van der Waals surface area (Å²) in [6, 6.07) is 9.69. The van der Waals surface area contributed by atoms with Gasteiger partial charge in [0.2, 0.25) is 5.88 Å². The van der Waals surface area contributed by atoms with E-state index < -0.39 is 24.1 Å². The highest BCUT2D eigenvalue weighted by molar-refractivity contribution is 5.94. The predicted molar refractivity (Wildman–Crippen MR) is 128 cm³/mol. The molecular weight excluding hydrogens is 461 g/mol. The van der Waals surface area contributed by atoms with Crippen LogP contribution in [0.15, 0.2) is 45.6 Å². The number of fused-ring (bicyclic) bond motifs is 1. The lowest BCUT2D eigenvalue weighted by Gasteiger charge is -2.34. The second kappa shape index (κ2) is 9.28. The fourth-order valence-corrected chi connectivity index (χ4v) is 4.70. The number of hydrogen-bond donors (Lipinski definition) is 2. The highest BCUT2D eigenvalue weighted by Crippen LogP contribution is 2.37. The molecule has 1 atom stereocenters. The Morgan fingerprint density at radius 2 is 1.83 bits per heavy atom. The molecule has 0 spiro atoms. The summed E-state index contributed by atoms with van der Waals surface area (Å²) in [5.74, 6) is -2.14. The van der Waals surface area contributed by atoms with E-state index in [1.54, 1.807) is 36.1 Å². The van der Waals surface area contributed by atoms with E-state index >= 15 is 0 Å². The van der Waals surface area contributed by atoms with Crippen LogP contribution in [0.5, 0.6) is 0 Å². The van der Waals surface area contributed by atoms with E-state index in [0.29, 0.717) is 27.8 Å². The zero-order valence-corrected chi connectivity index (χ0v) is 19.7. The molecule has 1 fully saturated rings. The summed E-state index contributed by atoms with van der Waals surface area (Å²) in [5.41, 5.74) is 2.49. The average Bonchev–Trinajstić information content (AvgIpc) is 2.81. The van der Waals surface area contributed by atoms with Gasteiger partial charge in [0.15, 0.2) is 5.43 Å². The number of carboxylic acid groups (broad SMARTS) is 1. The molecule has 1 saturated heterocycles. The maximum atomic E-state index is 13.3. The fraction of sp³-hybridized carbons (Fsp3) is 0.385. The van der Waals surface area contributed by atoms with Crippen molar-refractivity contribution in [3.05, 3.63) is 68.9 Å². The molecule has 0 saturated carbocycles. The number of aromatic carboxylic acids is 1. The molecule has 0 aliphatic carbocycles. The van der Waals surface area contributed by atoms with Crippen molar-refractivity contribution < 1.29 is 27.5 Å². The highest BCUT2D eigenvalue weighted by Gasteiger charge is 2.41. The number of nitrogens with one attached hydrogen (secondary N) is 1. The third-order valence-electron chi connectivity index (χ3n) is 6.61. The minimum absolute atomic E-state index is 0.0601. The minimum atomic E-state index is -4.23. The lowest BCUT2D eigenvalue weighted by atomic mass is 9.96. The Morgan fingerprint density at radius 3 is 2.46 bits per heavy atom. The lowest BCUT2D eigenvalue weighted by Crippen LogP contribution is -2.39. The van der Waals surface area contributed by atoms with Gasteiger partial charge in [-0.1, -0.05) is 18.2 Å². The number of rotatable bonds is 5. The Hall–Kier alpha value is -3.49. The predicted octanol–water partition coefficient (Wildman–Crippen LogP) is 6.06. The number of para-hydroxylation sites is 1. The standard InChI is InChI=1S/C26H27F3N2O4/c1-14-12-19(16(3)30-21-7-5-4-6-18(21)25(33)34)23-20(13-14)22(32)15(2)24(35-23)31-10-8-17(9-11-31)26(27,28)29/h4-7,12-13,16-17,30H,8-11H2,1-3H3,(H,33,34)/t16-/m1/s1. The quantitative estimate of drug-likeness (QED) is 0.454. The Bertz CT molecular complexity index is 1320. The van der Waals surface area contributed by atoms with E-state index in [4.69, 9.17) is 4.42 Å². The van der Waals surface area contributed by atoms with Crippen LogP contribution in [0.25, 0.3) is 11.0 Å². The summed E-state index contributed by atoms with van der Waals surface area (Å²) < 4.78 is 45.6. The van der Waals surface area contributed by atoms with Gasteiger partial charge >= 0.3 is 12.1 Å². The van der Waals surface area contributed by atoms with Crippen LogP contribution >= 0.6 is 0 Å². The molecule has 0 unspecified atom stereocenters. The van der Waals surface area contributed by atoms with Gasteiger partial charge in [-0.2, -0.15) is 13.2 Å². The molecule has 186 valence electrons. The first-order chi connectivity index (χ1) is 16.5. The van der Waals surface area contributed by atoms with Gasteiger partial charge in [0.05, 0.1) is 28.5 Å². The smallest absolute Gasteiger partial charge is 0.391 e. The second-order valence-electron chi connectivity index (χ2n) is 9.11. The number of piperidine rings is 1. The molecule has 0 radical (unpaired) electrons. The second-order valence-corrected chi connectivity index (χ2v) is 9.11. The number of nitrogens with zero attached hydrogens (tertiary/aromatic N) is 1. The van der Waals surface area contributed by atoms with Crippen LogP contribution in [0.2, 0.25) is 0 Å². The number of carboxylic acids is 1. The Morgan fingerprint density at radius 1 is 1.17 bits per heavy atom. The first-order valence-corrected chi connectivity index (χ1v) is 11.5. The van der Waals surface area contributed by atoms with E-state index in [0.717, 1.165) is 5.56 Å². The van der Waals surface area contributed by atoms with Crippen LogP contribution in [0.1, 0.15) is 52.9 Å². The maximum Gasteiger partial charge on any atom is 0.391 e. The third kappa shape index (κ3) is 4.85. The van der Waals surface area contributed by atoms with Crippen LogP contribution in [0, 0.1) is 19.8 Å². The first-order valence-electron chi connectivity index (χ1n) is 11.5. The number of halogens is 3.